The lowest BCUT2D eigenvalue weighted by molar-refractivity contribution is 0.0952. The first-order chi connectivity index (χ1) is 16.2. The minimum absolute atomic E-state index is 0.000423. The van der Waals surface area contributed by atoms with E-state index in [1.807, 2.05) is 54.6 Å². The number of benzene rings is 3. The Bertz CT molecular complexity index is 1090. The number of likely N-dealkylation sites (tertiary alicyclic amines) is 1. The second-order valence-electron chi connectivity index (χ2n) is 9.29. The van der Waals surface area contributed by atoms with Crippen LogP contribution in [0.1, 0.15) is 53.1 Å². The van der Waals surface area contributed by atoms with Gasteiger partial charge in [-0.1, -0.05) is 54.6 Å². The van der Waals surface area contributed by atoms with Gasteiger partial charge in [0.15, 0.2) is 0 Å². The zero-order valence-corrected chi connectivity index (χ0v) is 19.0. The summed E-state index contributed by atoms with van der Waals surface area (Å²) in [7, 11) is 0. The third kappa shape index (κ3) is 4.67. The highest BCUT2D eigenvalue weighted by molar-refractivity contribution is 5.94. The summed E-state index contributed by atoms with van der Waals surface area (Å²) in [6.45, 7) is 2.92. The summed E-state index contributed by atoms with van der Waals surface area (Å²) in [5.41, 5.74) is 5.52. The van der Waals surface area contributed by atoms with E-state index >= 15 is 0 Å². The van der Waals surface area contributed by atoms with Crippen molar-refractivity contribution in [2.45, 2.75) is 44.1 Å². The molecule has 4 heteroatoms. The van der Waals surface area contributed by atoms with Crippen LogP contribution in [0, 0.1) is 0 Å². The van der Waals surface area contributed by atoms with E-state index in [-0.39, 0.29) is 5.91 Å². The number of rotatable bonds is 7. The van der Waals surface area contributed by atoms with Gasteiger partial charge in [-0.3, -0.25) is 9.69 Å². The monoisotopic (exact) mass is 440 g/mol. The fourth-order valence-electron chi connectivity index (χ4n) is 5.63. The summed E-state index contributed by atoms with van der Waals surface area (Å²) < 4.78 is 0. The molecule has 1 saturated heterocycles. The van der Waals surface area contributed by atoms with Crippen LogP contribution < -0.4 is 5.32 Å². The Morgan fingerprint density at radius 1 is 0.909 bits per heavy atom. The van der Waals surface area contributed by atoms with E-state index < -0.39 is 0 Å². The molecule has 2 N–H and O–H groups in total. The first-order valence-electron chi connectivity index (χ1n) is 12.2. The second-order valence-corrected chi connectivity index (χ2v) is 9.29. The number of nitrogens with zero attached hydrogens (tertiary/aromatic N) is 1. The van der Waals surface area contributed by atoms with Crippen molar-refractivity contribution in [3.05, 3.63) is 89.5 Å². The molecule has 1 amide bonds. The molecule has 4 nitrogen and oxygen atoms in total. The van der Waals surface area contributed by atoms with E-state index in [4.69, 9.17) is 0 Å². The summed E-state index contributed by atoms with van der Waals surface area (Å²) in [4.78, 5) is 15.1. The molecular formula is C29H32N2O2. The first-order valence-corrected chi connectivity index (χ1v) is 12.2. The van der Waals surface area contributed by atoms with Crippen LogP contribution in [-0.2, 0) is 6.42 Å². The average Bonchev–Trinajstić information content (AvgIpc) is 3.28. The standard InChI is InChI=1S/C29H32N2O2/c32-28-10-6-9-24-25-17-20-31(27(25)16-15-26(24)28)19-5-4-18-30-29(33)23-13-11-22(12-14-23)21-7-2-1-3-8-21/h1-3,6-14,25,27,32H,4-5,15-20H2,(H,30,33)/t25-,27-/m1/s1. The molecule has 0 radical (unpaired) electrons. The van der Waals surface area contributed by atoms with Crippen molar-refractivity contribution < 1.29 is 9.90 Å². The minimum atomic E-state index is -0.000423. The Balaban J connectivity index is 1.06. The molecule has 2 atom stereocenters. The van der Waals surface area contributed by atoms with Crippen LogP contribution in [0.25, 0.3) is 11.1 Å². The van der Waals surface area contributed by atoms with Gasteiger partial charge in [-0.15, -0.1) is 0 Å². The van der Waals surface area contributed by atoms with Crippen LogP contribution >= 0.6 is 0 Å². The smallest absolute Gasteiger partial charge is 0.251 e. The van der Waals surface area contributed by atoms with Gasteiger partial charge in [-0.25, -0.2) is 0 Å². The van der Waals surface area contributed by atoms with E-state index in [0.29, 0.717) is 29.8 Å². The second kappa shape index (κ2) is 9.80. The van der Waals surface area contributed by atoms with Crippen molar-refractivity contribution in [3.63, 3.8) is 0 Å². The number of aromatic hydroxyl groups is 1. The van der Waals surface area contributed by atoms with Crippen molar-refractivity contribution in [2.75, 3.05) is 19.6 Å². The van der Waals surface area contributed by atoms with Gasteiger partial charge in [0, 0.05) is 24.1 Å². The number of hydrogen-bond donors (Lipinski definition) is 2. The number of fused-ring (bicyclic) bond motifs is 3. The third-order valence-corrected chi connectivity index (χ3v) is 7.35. The molecule has 0 bridgehead atoms. The summed E-state index contributed by atoms with van der Waals surface area (Å²) in [6, 6.07) is 24.6. The maximum atomic E-state index is 12.5. The Kier molecular flexibility index (Phi) is 6.45. The molecule has 1 aliphatic heterocycles. The Labute approximate surface area is 196 Å². The Morgan fingerprint density at radius 2 is 1.70 bits per heavy atom. The summed E-state index contributed by atoms with van der Waals surface area (Å²) in [5.74, 6) is 1.02. The van der Waals surface area contributed by atoms with Gasteiger partial charge in [0.1, 0.15) is 5.75 Å². The van der Waals surface area contributed by atoms with Gasteiger partial charge < -0.3 is 10.4 Å². The van der Waals surface area contributed by atoms with Crippen LogP contribution in [-0.4, -0.2) is 41.6 Å². The first kappa shape index (κ1) is 21.7. The molecule has 33 heavy (non-hydrogen) atoms. The van der Waals surface area contributed by atoms with Crippen LogP contribution in [0.3, 0.4) is 0 Å². The fourth-order valence-corrected chi connectivity index (χ4v) is 5.63. The Hall–Kier alpha value is -3.11. The highest BCUT2D eigenvalue weighted by atomic mass is 16.3. The van der Waals surface area contributed by atoms with Crippen molar-refractivity contribution in [1.29, 1.82) is 0 Å². The molecule has 0 unspecified atom stereocenters. The largest absolute Gasteiger partial charge is 0.508 e. The number of phenolic OH excluding ortho intramolecular Hbond substituents is 1. The topological polar surface area (TPSA) is 52.6 Å². The predicted octanol–water partition coefficient (Wildman–Crippen LogP) is 5.37. The third-order valence-electron chi connectivity index (χ3n) is 7.35. The van der Waals surface area contributed by atoms with Crippen molar-refractivity contribution in [3.8, 4) is 16.9 Å². The molecule has 170 valence electrons. The zero-order chi connectivity index (χ0) is 22.6. The Morgan fingerprint density at radius 3 is 2.52 bits per heavy atom. The van der Waals surface area contributed by atoms with E-state index in [2.05, 4.69) is 28.4 Å². The van der Waals surface area contributed by atoms with Gasteiger partial charge in [-0.05, 0) is 85.6 Å². The van der Waals surface area contributed by atoms with Gasteiger partial charge in [0.25, 0.3) is 5.91 Å². The highest BCUT2D eigenvalue weighted by Gasteiger charge is 2.38. The summed E-state index contributed by atoms with van der Waals surface area (Å²) in [6.07, 6.45) is 5.35. The number of carbonyl (C=O) groups excluding carboxylic acids is 1. The molecular weight excluding hydrogens is 408 g/mol. The molecule has 2 aliphatic rings. The number of nitrogens with one attached hydrogen (secondary N) is 1. The SMILES string of the molecule is O=C(NCCCCN1CC[C@@H]2c3cccc(O)c3CC[C@H]21)c1ccc(-c2ccccc2)cc1. The normalized spacial score (nSPS) is 19.6. The zero-order valence-electron chi connectivity index (χ0n) is 19.0. The lowest BCUT2D eigenvalue weighted by atomic mass is 9.79. The molecule has 1 heterocycles. The van der Waals surface area contributed by atoms with Gasteiger partial charge in [-0.2, -0.15) is 0 Å². The number of carbonyl (C=O) groups is 1. The van der Waals surface area contributed by atoms with Crippen LogP contribution in [0.15, 0.2) is 72.8 Å². The number of hydrogen-bond acceptors (Lipinski definition) is 3. The molecule has 3 aromatic rings. The lowest BCUT2D eigenvalue weighted by Gasteiger charge is -2.33. The summed E-state index contributed by atoms with van der Waals surface area (Å²) in [5, 5.41) is 13.3. The van der Waals surface area contributed by atoms with E-state index in [1.54, 1.807) is 0 Å². The maximum Gasteiger partial charge on any atom is 0.251 e. The molecule has 3 aromatic carbocycles. The maximum absolute atomic E-state index is 12.5. The number of amides is 1. The molecule has 5 rings (SSSR count). The van der Waals surface area contributed by atoms with Gasteiger partial charge in [0.2, 0.25) is 0 Å². The quantitative estimate of drug-likeness (QED) is 0.486. The van der Waals surface area contributed by atoms with E-state index in [0.717, 1.165) is 49.9 Å². The molecule has 1 fully saturated rings. The summed E-state index contributed by atoms with van der Waals surface area (Å²) >= 11 is 0. The van der Waals surface area contributed by atoms with Gasteiger partial charge in [0.05, 0.1) is 0 Å². The van der Waals surface area contributed by atoms with Crippen LogP contribution in [0.4, 0.5) is 0 Å². The van der Waals surface area contributed by atoms with Crippen LogP contribution in [0.5, 0.6) is 5.75 Å². The highest BCUT2D eigenvalue weighted by Crippen LogP contribution is 2.43. The number of unbranched alkanes of at least 4 members (excludes halogenated alkanes) is 1. The predicted molar refractivity (Wildman–Crippen MR) is 133 cm³/mol. The molecule has 0 saturated carbocycles. The van der Waals surface area contributed by atoms with Gasteiger partial charge >= 0.3 is 0 Å². The van der Waals surface area contributed by atoms with Crippen LogP contribution in [0.2, 0.25) is 0 Å². The lowest BCUT2D eigenvalue weighted by Crippen LogP contribution is -2.36. The average molecular weight is 441 g/mol. The number of phenols is 1. The molecule has 0 aromatic heterocycles. The minimum Gasteiger partial charge on any atom is -0.508 e. The fraction of sp³-hybridized carbons (Fsp3) is 0.345. The van der Waals surface area contributed by atoms with Crippen molar-refractivity contribution in [2.24, 2.45) is 0 Å². The molecule has 0 spiro atoms. The van der Waals surface area contributed by atoms with E-state index in [9.17, 15) is 9.90 Å². The van der Waals surface area contributed by atoms with Crippen molar-refractivity contribution >= 4 is 5.91 Å². The van der Waals surface area contributed by atoms with E-state index in [1.165, 1.54) is 17.5 Å². The van der Waals surface area contributed by atoms with Crippen molar-refractivity contribution in [1.82, 2.24) is 10.2 Å². The molecule has 1 aliphatic carbocycles.